The number of carbonyl (C=O) groups is 1. The van der Waals surface area contributed by atoms with Crippen LogP contribution in [-0.4, -0.2) is 41.5 Å². The van der Waals surface area contributed by atoms with E-state index in [-0.39, 0.29) is 5.91 Å². The molecule has 5 heteroatoms. The van der Waals surface area contributed by atoms with Gasteiger partial charge in [0.15, 0.2) is 0 Å². The summed E-state index contributed by atoms with van der Waals surface area (Å²) in [5.74, 6) is 0.0399. The summed E-state index contributed by atoms with van der Waals surface area (Å²) in [6.07, 6.45) is 3.67. The van der Waals surface area contributed by atoms with Gasteiger partial charge >= 0.3 is 0 Å². The number of halogens is 1. The minimum atomic E-state index is 0.0399. The van der Waals surface area contributed by atoms with Crippen molar-refractivity contribution in [2.24, 2.45) is 0 Å². The molecule has 0 aromatic carbocycles. The van der Waals surface area contributed by atoms with Crippen molar-refractivity contribution in [2.75, 3.05) is 19.6 Å². The lowest BCUT2D eigenvalue weighted by molar-refractivity contribution is 0.0686. The molecular weight excluding hydrogens is 294 g/mol. The van der Waals surface area contributed by atoms with Gasteiger partial charge in [-0.25, -0.2) is 4.98 Å². The standard InChI is InChI=1S/C13H18BrN3O/c1-2-7-17(11-5-6-15-9-11)13(18)12-4-3-10(14)8-16-12/h3-4,8,11,15H,2,5-7,9H2,1H3/t11-/m1/s1. The second-order valence-electron chi connectivity index (χ2n) is 4.51. The Bertz CT molecular complexity index is 401. The summed E-state index contributed by atoms with van der Waals surface area (Å²) in [6, 6.07) is 3.94. The molecule has 0 aliphatic carbocycles. The van der Waals surface area contributed by atoms with Crippen LogP contribution in [0.3, 0.4) is 0 Å². The maximum absolute atomic E-state index is 12.5. The number of nitrogens with one attached hydrogen (secondary N) is 1. The molecule has 0 saturated carbocycles. The lowest BCUT2D eigenvalue weighted by Crippen LogP contribution is -2.42. The Labute approximate surface area is 116 Å². The Kier molecular flexibility index (Phi) is 4.72. The number of hydrogen-bond donors (Lipinski definition) is 1. The van der Waals surface area contributed by atoms with Gasteiger partial charge in [-0.3, -0.25) is 4.79 Å². The van der Waals surface area contributed by atoms with Gasteiger partial charge in [0.2, 0.25) is 0 Å². The van der Waals surface area contributed by atoms with E-state index in [1.807, 2.05) is 11.0 Å². The summed E-state index contributed by atoms with van der Waals surface area (Å²) in [5, 5.41) is 3.30. The van der Waals surface area contributed by atoms with Crippen molar-refractivity contribution in [3.63, 3.8) is 0 Å². The van der Waals surface area contributed by atoms with Crippen LogP contribution in [0.4, 0.5) is 0 Å². The van der Waals surface area contributed by atoms with Gasteiger partial charge in [-0.15, -0.1) is 0 Å². The largest absolute Gasteiger partial charge is 0.333 e. The Morgan fingerprint density at radius 1 is 1.61 bits per heavy atom. The Balaban J connectivity index is 2.14. The molecule has 0 radical (unpaired) electrons. The summed E-state index contributed by atoms with van der Waals surface area (Å²) in [7, 11) is 0. The Hall–Kier alpha value is -0.940. The van der Waals surface area contributed by atoms with E-state index in [1.165, 1.54) is 0 Å². The van der Waals surface area contributed by atoms with Crippen LogP contribution >= 0.6 is 15.9 Å². The number of amides is 1. The average Bonchev–Trinajstić information content (AvgIpc) is 2.90. The second-order valence-corrected chi connectivity index (χ2v) is 5.42. The summed E-state index contributed by atoms with van der Waals surface area (Å²) in [5.41, 5.74) is 0.526. The van der Waals surface area contributed by atoms with E-state index in [9.17, 15) is 4.79 Å². The lowest BCUT2D eigenvalue weighted by Gasteiger charge is -2.27. The maximum Gasteiger partial charge on any atom is 0.272 e. The van der Waals surface area contributed by atoms with Crippen LogP contribution in [0, 0.1) is 0 Å². The van der Waals surface area contributed by atoms with E-state index in [4.69, 9.17) is 0 Å². The maximum atomic E-state index is 12.5. The number of aromatic nitrogens is 1. The highest BCUT2D eigenvalue weighted by atomic mass is 79.9. The molecule has 1 fully saturated rings. The fourth-order valence-electron chi connectivity index (χ4n) is 2.25. The first kappa shape index (κ1) is 13.5. The van der Waals surface area contributed by atoms with Gasteiger partial charge in [-0.2, -0.15) is 0 Å². The molecule has 2 heterocycles. The second kappa shape index (κ2) is 6.29. The molecule has 1 aliphatic rings. The van der Waals surface area contributed by atoms with Gasteiger partial charge in [-0.1, -0.05) is 6.92 Å². The number of pyridine rings is 1. The van der Waals surface area contributed by atoms with Crippen LogP contribution in [0.2, 0.25) is 0 Å². The summed E-state index contributed by atoms with van der Waals surface area (Å²) in [4.78, 5) is 18.6. The van der Waals surface area contributed by atoms with Crippen molar-refractivity contribution in [3.8, 4) is 0 Å². The first-order valence-electron chi connectivity index (χ1n) is 6.35. The topological polar surface area (TPSA) is 45.2 Å². The summed E-state index contributed by atoms with van der Waals surface area (Å²) >= 11 is 3.33. The minimum absolute atomic E-state index is 0.0399. The molecule has 98 valence electrons. The van der Waals surface area contributed by atoms with Gasteiger partial charge in [0.05, 0.1) is 0 Å². The van der Waals surface area contributed by atoms with E-state index in [0.717, 1.165) is 36.9 Å². The molecule has 1 N–H and O–H groups in total. The number of nitrogens with zero attached hydrogens (tertiary/aromatic N) is 2. The molecule has 4 nitrogen and oxygen atoms in total. The van der Waals surface area contributed by atoms with Crippen LogP contribution in [0.15, 0.2) is 22.8 Å². The predicted molar refractivity (Wildman–Crippen MR) is 74.5 cm³/mol. The third-order valence-electron chi connectivity index (χ3n) is 3.15. The summed E-state index contributed by atoms with van der Waals surface area (Å²) < 4.78 is 0.892. The number of hydrogen-bond acceptors (Lipinski definition) is 3. The molecule has 1 saturated heterocycles. The quantitative estimate of drug-likeness (QED) is 0.925. The van der Waals surface area contributed by atoms with Gasteiger partial charge in [0, 0.05) is 29.8 Å². The van der Waals surface area contributed by atoms with Crippen LogP contribution in [0.1, 0.15) is 30.3 Å². The van der Waals surface area contributed by atoms with Crippen molar-refractivity contribution in [1.82, 2.24) is 15.2 Å². The summed E-state index contributed by atoms with van der Waals surface area (Å²) in [6.45, 7) is 4.77. The highest BCUT2D eigenvalue weighted by molar-refractivity contribution is 9.10. The van der Waals surface area contributed by atoms with Crippen LogP contribution in [0.25, 0.3) is 0 Å². The Morgan fingerprint density at radius 3 is 3.00 bits per heavy atom. The van der Waals surface area contributed by atoms with E-state index >= 15 is 0 Å². The SMILES string of the molecule is CCCN(C(=O)c1ccc(Br)cn1)[C@@H]1CCNC1. The zero-order chi connectivity index (χ0) is 13.0. The van der Waals surface area contributed by atoms with E-state index < -0.39 is 0 Å². The zero-order valence-corrected chi connectivity index (χ0v) is 12.1. The van der Waals surface area contributed by atoms with Crippen LogP contribution in [-0.2, 0) is 0 Å². The minimum Gasteiger partial charge on any atom is -0.333 e. The van der Waals surface area contributed by atoms with Crippen molar-refractivity contribution in [2.45, 2.75) is 25.8 Å². The molecule has 1 amide bonds. The first-order chi connectivity index (χ1) is 8.72. The van der Waals surface area contributed by atoms with Gasteiger partial charge in [0.1, 0.15) is 5.69 Å². The zero-order valence-electron chi connectivity index (χ0n) is 10.5. The molecule has 0 bridgehead atoms. The number of rotatable bonds is 4. The van der Waals surface area contributed by atoms with Gasteiger partial charge in [-0.05, 0) is 47.4 Å². The molecule has 1 aliphatic heterocycles. The molecule has 1 aromatic rings. The average molecular weight is 312 g/mol. The fourth-order valence-corrected chi connectivity index (χ4v) is 2.48. The van der Waals surface area contributed by atoms with Crippen LogP contribution < -0.4 is 5.32 Å². The monoisotopic (exact) mass is 311 g/mol. The van der Waals surface area contributed by atoms with Crippen molar-refractivity contribution >= 4 is 21.8 Å². The van der Waals surface area contributed by atoms with Crippen molar-refractivity contribution < 1.29 is 4.79 Å². The molecule has 1 aromatic heterocycles. The normalized spacial score (nSPS) is 18.9. The molecular formula is C13H18BrN3O. The van der Waals surface area contributed by atoms with Crippen molar-refractivity contribution in [3.05, 3.63) is 28.5 Å². The van der Waals surface area contributed by atoms with Gasteiger partial charge in [0.25, 0.3) is 5.91 Å². The molecule has 18 heavy (non-hydrogen) atoms. The predicted octanol–water partition coefficient (Wildman–Crippen LogP) is 2.06. The van der Waals surface area contributed by atoms with Gasteiger partial charge < -0.3 is 10.2 Å². The van der Waals surface area contributed by atoms with Crippen LogP contribution in [0.5, 0.6) is 0 Å². The third-order valence-corrected chi connectivity index (χ3v) is 3.62. The highest BCUT2D eigenvalue weighted by Gasteiger charge is 2.27. The van der Waals surface area contributed by atoms with Crippen molar-refractivity contribution in [1.29, 1.82) is 0 Å². The Morgan fingerprint density at radius 2 is 2.44 bits per heavy atom. The third kappa shape index (κ3) is 3.09. The number of carbonyl (C=O) groups excluding carboxylic acids is 1. The highest BCUT2D eigenvalue weighted by Crippen LogP contribution is 2.14. The molecule has 0 unspecified atom stereocenters. The smallest absolute Gasteiger partial charge is 0.272 e. The molecule has 2 rings (SSSR count). The molecule has 1 atom stereocenters. The fraction of sp³-hybridized carbons (Fsp3) is 0.538. The van der Waals surface area contributed by atoms with E-state index in [2.05, 4.69) is 33.2 Å². The first-order valence-corrected chi connectivity index (χ1v) is 7.15. The van der Waals surface area contributed by atoms with E-state index in [0.29, 0.717) is 11.7 Å². The van der Waals surface area contributed by atoms with E-state index in [1.54, 1.807) is 12.3 Å². The molecule has 0 spiro atoms. The lowest BCUT2D eigenvalue weighted by atomic mass is 10.2.